The lowest BCUT2D eigenvalue weighted by molar-refractivity contribution is 0.0600. The maximum absolute atomic E-state index is 12.1. The van der Waals surface area contributed by atoms with Crippen LogP contribution >= 0.6 is 7.82 Å². The van der Waals surface area contributed by atoms with Crippen LogP contribution in [0.5, 0.6) is 0 Å². The van der Waals surface area contributed by atoms with Crippen LogP contribution in [0.1, 0.15) is 29.8 Å². The molecule has 0 saturated carbocycles. The van der Waals surface area contributed by atoms with Gasteiger partial charge in [0, 0.05) is 0 Å². The van der Waals surface area contributed by atoms with Crippen LogP contribution < -0.4 is 0 Å². The Labute approximate surface area is 118 Å². The number of carbonyl (C=O) groups excluding carboxylic acids is 1. The summed E-state index contributed by atoms with van der Waals surface area (Å²) in [5.41, 5.74) is 1.19. The normalized spacial score (nSPS) is 11.3. The highest BCUT2D eigenvalue weighted by molar-refractivity contribution is 7.48. The summed E-state index contributed by atoms with van der Waals surface area (Å²) in [6, 6.07) is 6.59. The molecule has 0 saturated heterocycles. The first-order valence-corrected chi connectivity index (χ1v) is 7.71. The molecule has 7 heteroatoms. The molecule has 0 unspecified atom stereocenters. The van der Waals surface area contributed by atoms with Crippen molar-refractivity contribution in [2.24, 2.45) is 0 Å². The average Bonchev–Trinajstić information content (AvgIpc) is 2.45. The summed E-state index contributed by atoms with van der Waals surface area (Å²) in [6.45, 7) is 3.95. The van der Waals surface area contributed by atoms with Gasteiger partial charge in [-0.05, 0) is 31.5 Å². The predicted octanol–water partition coefficient (Wildman–Crippen LogP) is 3.17. The maximum Gasteiger partial charge on any atom is 0.475 e. The Hall–Kier alpha value is -1.20. The molecule has 0 aliphatic heterocycles. The highest BCUT2D eigenvalue weighted by Crippen LogP contribution is 2.49. The molecule has 0 radical (unpaired) electrons. The Morgan fingerprint density at radius 2 is 1.60 bits per heavy atom. The van der Waals surface area contributed by atoms with Gasteiger partial charge in [0.05, 0.1) is 32.5 Å². The zero-order valence-electron chi connectivity index (χ0n) is 11.8. The summed E-state index contributed by atoms with van der Waals surface area (Å²) in [5.74, 6) is -0.410. The summed E-state index contributed by atoms with van der Waals surface area (Å²) in [6.07, 6.45) is 0. The van der Waals surface area contributed by atoms with E-state index in [1.165, 1.54) is 7.11 Å². The molecule has 1 aromatic carbocycles. The van der Waals surface area contributed by atoms with Gasteiger partial charge in [-0.2, -0.15) is 0 Å². The van der Waals surface area contributed by atoms with Crippen molar-refractivity contribution >= 4 is 13.8 Å². The van der Waals surface area contributed by atoms with Crippen molar-refractivity contribution in [3.63, 3.8) is 0 Å². The molecule has 0 spiro atoms. The van der Waals surface area contributed by atoms with Gasteiger partial charge in [0.15, 0.2) is 0 Å². The number of carbonyl (C=O) groups is 1. The second-order valence-corrected chi connectivity index (χ2v) is 5.41. The Morgan fingerprint density at radius 3 is 2.05 bits per heavy atom. The number of esters is 1. The Kier molecular flexibility index (Phi) is 6.88. The molecule has 1 rings (SSSR count). The van der Waals surface area contributed by atoms with E-state index in [4.69, 9.17) is 13.6 Å². The van der Waals surface area contributed by atoms with Crippen molar-refractivity contribution in [1.82, 2.24) is 0 Å². The predicted molar refractivity (Wildman–Crippen MR) is 73.4 cm³/mol. The number of ether oxygens (including phenoxy) is 1. The summed E-state index contributed by atoms with van der Waals surface area (Å²) in [7, 11) is -2.19. The van der Waals surface area contributed by atoms with Crippen molar-refractivity contribution in [2.45, 2.75) is 20.5 Å². The van der Waals surface area contributed by atoms with E-state index in [-0.39, 0.29) is 19.8 Å². The van der Waals surface area contributed by atoms with E-state index < -0.39 is 13.8 Å². The van der Waals surface area contributed by atoms with Gasteiger partial charge >= 0.3 is 13.8 Å². The van der Waals surface area contributed by atoms with Crippen molar-refractivity contribution in [3.8, 4) is 0 Å². The summed E-state index contributed by atoms with van der Waals surface area (Å²) >= 11 is 0. The number of rotatable bonds is 8. The number of hydrogen-bond donors (Lipinski definition) is 0. The molecular formula is C13H19O6P. The lowest BCUT2D eigenvalue weighted by Crippen LogP contribution is -2.02. The molecule has 0 atom stereocenters. The van der Waals surface area contributed by atoms with Crippen LogP contribution in [-0.2, 0) is 29.5 Å². The minimum absolute atomic E-state index is 0.0682. The van der Waals surface area contributed by atoms with Gasteiger partial charge in [0.25, 0.3) is 0 Å². The molecule has 0 aromatic heterocycles. The van der Waals surface area contributed by atoms with Crippen LogP contribution in [-0.4, -0.2) is 26.3 Å². The third-order valence-corrected chi connectivity index (χ3v) is 3.93. The smallest absolute Gasteiger partial charge is 0.465 e. The van der Waals surface area contributed by atoms with E-state index in [1.54, 1.807) is 38.1 Å². The van der Waals surface area contributed by atoms with Crippen LogP contribution in [0, 0.1) is 0 Å². The highest BCUT2D eigenvalue weighted by Gasteiger charge is 2.25. The number of phosphoric ester groups is 1. The Balaban J connectivity index is 2.64. The average molecular weight is 302 g/mol. The van der Waals surface area contributed by atoms with E-state index in [9.17, 15) is 9.36 Å². The molecule has 0 heterocycles. The molecular weight excluding hydrogens is 283 g/mol. The zero-order chi connectivity index (χ0) is 15.0. The minimum Gasteiger partial charge on any atom is -0.465 e. The molecule has 0 amide bonds. The molecule has 0 aliphatic carbocycles. The van der Waals surface area contributed by atoms with Crippen LogP contribution in [0.3, 0.4) is 0 Å². The Morgan fingerprint density at radius 1 is 1.05 bits per heavy atom. The largest absolute Gasteiger partial charge is 0.475 e. The molecule has 20 heavy (non-hydrogen) atoms. The molecule has 0 aliphatic rings. The van der Waals surface area contributed by atoms with Crippen LogP contribution in [0.2, 0.25) is 0 Å². The third-order valence-electron chi connectivity index (χ3n) is 2.34. The van der Waals surface area contributed by atoms with Crippen LogP contribution in [0.4, 0.5) is 0 Å². The maximum atomic E-state index is 12.1. The topological polar surface area (TPSA) is 71.1 Å². The summed E-state index contributed by atoms with van der Waals surface area (Å²) in [4.78, 5) is 11.3. The quantitative estimate of drug-likeness (QED) is 0.542. The van der Waals surface area contributed by atoms with E-state index in [2.05, 4.69) is 4.74 Å². The fourth-order valence-corrected chi connectivity index (χ4v) is 2.60. The van der Waals surface area contributed by atoms with E-state index in [0.717, 1.165) is 5.56 Å². The molecule has 0 N–H and O–H groups in total. The molecule has 0 fully saturated rings. The van der Waals surface area contributed by atoms with E-state index >= 15 is 0 Å². The first kappa shape index (κ1) is 16.9. The van der Waals surface area contributed by atoms with Crippen LogP contribution in [0.25, 0.3) is 0 Å². The lowest BCUT2D eigenvalue weighted by Gasteiger charge is -2.16. The van der Waals surface area contributed by atoms with E-state index in [0.29, 0.717) is 5.56 Å². The van der Waals surface area contributed by atoms with Gasteiger partial charge < -0.3 is 4.74 Å². The van der Waals surface area contributed by atoms with Gasteiger partial charge in [-0.1, -0.05) is 12.1 Å². The lowest BCUT2D eigenvalue weighted by atomic mass is 10.1. The van der Waals surface area contributed by atoms with Crippen molar-refractivity contribution in [3.05, 3.63) is 35.4 Å². The second kappa shape index (κ2) is 8.17. The number of methoxy groups -OCH3 is 1. The number of benzene rings is 1. The third kappa shape index (κ3) is 5.06. The van der Waals surface area contributed by atoms with Gasteiger partial charge in [-0.15, -0.1) is 0 Å². The number of phosphoric acid groups is 1. The molecule has 112 valence electrons. The highest BCUT2D eigenvalue weighted by atomic mass is 31.2. The fourth-order valence-electron chi connectivity index (χ4n) is 1.44. The molecule has 1 aromatic rings. The first-order chi connectivity index (χ1) is 9.54. The molecule has 0 bridgehead atoms. The Bertz CT molecular complexity index is 460. The van der Waals surface area contributed by atoms with Gasteiger partial charge in [0.2, 0.25) is 0 Å². The summed E-state index contributed by atoms with van der Waals surface area (Å²) in [5, 5.41) is 0. The summed E-state index contributed by atoms with van der Waals surface area (Å²) < 4.78 is 31.9. The van der Waals surface area contributed by atoms with Crippen molar-refractivity contribution in [1.29, 1.82) is 0 Å². The standard InChI is InChI=1S/C13H19O6P/c1-4-17-20(15,18-5-2)19-10-11-6-8-12(9-7-11)13(14)16-3/h6-9H,4-5,10H2,1-3H3. The van der Waals surface area contributed by atoms with Crippen molar-refractivity contribution in [2.75, 3.05) is 20.3 Å². The monoisotopic (exact) mass is 302 g/mol. The minimum atomic E-state index is -3.51. The number of hydrogen-bond acceptors (Lipinski definition) is 6. The zero-order valence-corrected chi connectivity index (χ0v) is 12.7. The second-order valence-electron chi connectivity index (χ2n) is 3.74. The molecule has 6 nitrogen and oxygen atoms in total. The van der Waals surface area contributed by atoms with Gasteiger partial charge in [-0.3, -0.25) is 13.6 Å². The fraction of sp³-hybridized carbons (Fsp3) is 0.462. The first-order valence-electron chi connectivity index (χ1n) is 6.25. The van der Waals surface area contributed by atoms with Gasteiger partial charge in [0.1, 0.15) is 0 Å². The SMILES string of the molecule is CCOP(=O)(OCC)OCc1ccc(C(=O)OC)cc1. The van der Waals surface area contributed by atoms with E-state index in [1.807, 2.05) is 0 Å². The van der Waals surface area contributed by atoms with Gasteiger partial charge in [-0.25, -0.2) is 9.36 Å². The van der Waals surface area contributed by atoms with Crippen LogP contribution in [0.15, 0.2) is 24.3 Å². The van der Waals surface area contributed by atoms with Crippen molar-refractivity contribution < 1.29 is 27.7 Å².